The summed E-state index contributed by atoms with van der Waals surface area (Å²) < 4.78 is 18.3. The number of carbonyl (C=O) groups excluding carboxylic acids is 1. The summed E-state index contributed by atoms with van der Waals surface area (Å²) >= 11 is 0. The van der Waals surface area contributed by atoms with Gasteiger partial charge in [0.15, 0.2) is 0 Å². The predicted molar refractivity (Wildman–Crippen MR) is 90.8 cm³/mol. The molecule has 0 aliphatic heterocycles. The van der Waals surface area contributed by atoms with E-state index in [1.807, 2.05) is 41.5 Å². The fourth-order valence-corrected chi connectivity index (χ4v) is 2.04. The molecule has 4 nitrogen and oxygen atoms in total. The Morgan fingerprint density at radius 1 is 1.13 bits per heavy atom. The van der Waals surface area contributed by atoms with Crippen LogP contribution in [0.2, 0.25) is 0 Å². The van der Waals surface area contributed by atoms with Gasteiger partial charge in [0.2, 0.25) is 0 Å². The van der Waals surface area contributed by atoms with Crippen molar-refractivity contribution in [3.05, 3.63) is 35.6 Å². The predicted octanol–water partition coefficient (Wildman–Crippen LogP) is 3.95. The van der Waals surface area contributed by atoms with Gasteiger partial charge in [-0.15, -0.1) is 0 Å². The minimum Gasteiger partial charge on any atom is -0.444 e. The average molecular weight is 324 g/mol. The number of halogens is 1. The molecule has 0 unspecified atom stereocenters. The van der Waals surface area contributed by atoms with E-state index in [1.54, 1.807) is 17.0 Å². The topological polar surface area (TPSA) is 41.6 Å². The number of rotatable bonds is 5. The third kappa shape index (κ3) is 7.46. The Morgan fingerprint density at radius 3 is 2.17 bits per heavy atom. The number of benzene rings is 1. The summed E-state index contributed by atoms with van der Waals surface area (Å²) in [6, 6.07) is 6.38. The zero-order valence-corrected chi connectivity index (χ0v) is 15.1. The van der Waals surface area contributed by atoms with E-state index in [0.29, 0.717) is 19.6 Å². The highest BCUT2D eigenvalue weighted by Gasteiger charge is 2.30. The van der Waals surface area contributed by atoms with Gasteiger partial charge in [-0.1, -0.05) is 12.1 Å². The van der Waals surface area contributed by atoms with Crippen LogP contribution >= 0.6 is 0 Å². The molecule has 0 radical (unpaired) electrons. The Bertz CT molecular complexity index is 501. The van der Waals surface area contributed by atoms with Crippen LogP contribution in [0.15, 0.2) is 24.3 Å². The van der Waals surface area contributed by atoms with Gasteiger partial charge in [-0.25, -0.2) is 9.18 Å². The van der Waals surface area contributed by atoms with Gasteiger partial charge < -0.3 is 15.0 Å². The van der Waals surface area contributed by atoms with Gasteiger partial charge in [-0.2, -0.15) is 0 Å². The largest absolute Gasteiger partial charge is 0.444 e. The molecule has 23 heavy (non-hydrogen) atoms. The van der Waals surface area contributed by atoms with Crippen LogP contribution in [0.3, 0.4) is 0 Å². The van der Waals surface area contributed by atoms with Crippen LogP contribution in [0.1, 0.15) is 47.1 Å². The minimum atomic E-state index is -0.512. The molecule has 0 aliphatic rings. The van der Waals surface area contributed by atoms with Gasteiger partial charge in [0.05, 0.1) is 0 Å². The van der Waals surface area contributed by atoms with Crippen molar-refractivity contribution in [3.8, 4) is 0 Å². The Hall–Kier alpha value is -1.62. The first-order chi connectivity index (χ1) is 10.5. The van der Waals surface area contributed by atoms with Crippen LogP contribution < -0.4 is 5.32 Å². The molecule has 1 aromatic rings. The SMILES string of the molecule is CC(C)(C)OC(=O)N(CCNCc1ccc(F)cc1)C(C)(C)C. The second-order valence-corrected chi connectivity index (χ2v) is 7.61. The van der Waals surface area contributed by atoms with E-state index >= 15 is 0 Å². The summed E-state index contributed by atoms with van der Waals surface area (Å²) in [7, 11) is 0. The molecule has 0 heterocycles. The maximum Gasteiger partial charge on any atom is 0.410 e. The van der Waals surface area contributed by atoms with E-state index in [9.17, 15) is 9.18 Å². The molecule has 1 N–H and O–H groups in total. The van der Waals surface area contributed by atoms with Crippen molar-refractivity contribution in [1.82, 2.24) is 10.2 Å². The van der Waals surface area contributed by atoms with Crippen LogP contribution in [0.4, 0.5) is 9.18 Å². The van der Waals surface area contributed by atoms with E-state index in [0.717, 1.165) is 5.56 Å². The molecule has 130 valence electrons. The molecule has 0 bridgehead atoms. The van der Waals surface area contributed by atoms with Gasteiger partial charge in [-0.05, 0) is 59.2 Å². The van der Waals surface area contributed by atoms with E-state index in [-0.39, 0.29) is 17.4 Å². The van der Waals surface area contributed by atoms with Gasteiger partial charge in [-0.3, -0.25) is 0 Å². The lowest BCUT2D eigenvalue weighted by Gasteiger charge is -2.36. The van der Waals surface area contributed by atoms with Crippen molar-refractivity contribution in [1.29, 1.82) is 0 Å². The first-order valence-corrected chi connectivity index (χ1v) is 7.95. The lowest BCUT2D eigenvalue weighted by Crippen LogP contribution is -2.50. The van der Waals surface area contributed by atoms with Crippen LogP contribution in [0.25, 0.3) is 0 Å². The van der Waals surface area contributed by atoms with E-state index < -0.39 is 5.60 Å². The number of carbonyl (C=O) groups is 1. The standard InChI is InChI=1S/C18H29FN2O2/c1-17(2,3)21(16(22)23-18(4,5)6)12-11-20-13-14-7-9-15(19)10-8-14/h7-10,20H,11-13H2,1-6H3. The van der Waals surface area contributed by atoms with Crippen molar-refractivity contribution in [2.45, 2.75) is 59.2 Å². The van der Waals surface area contributed by atoms with E-state index in [4.69, 9.17) is 4.74 Å². The summed E-state index contributed by atoms with van der Waals surface area (Å²) in [6.07, 6.45) is -0.311. The van der Waals surface area contributed by atoms with Gasteiger partial charge in [0, 0.05) is 25.2 Å². The molecule has 1 aromatic carbocycles. The summed E-state index contributed by atoms with van der Waals surface area (Å²) in [5.41, 5.74) is 0.174. The Labute approximate surface area is 139 Å². The quantitative estimate of drug-likeness (QED) is 0.834. The highest BCUT2D eigenvalue weighted by atomic mass is 19.1. The minimum absolute atomic E-state index is 0.238. The summed E-state index contributed by atoms with van der Waals surface area (Å²) in [5.74, 6) is -0.238. The van der Waals surface area contributed by atoms with Gasteiger partial charge in [0.25, 0.3) is 0 Å². The maximum atomic E-state index is 12.9. The smallest absolute Gasteiger partial charge is 0.410 e. The molecule has 5 heteroatoms. The third-order valence-corrected chi connectivity index (χ3v) is 3.18. The molecular formula is C18H29FN2O2. The highest BCUT2D eigenvalue weighted by Crippen LogP contribution is 2.18. The van der Waals surface area contributed by atoms with Crippen LogP contribution in [-0.4, -0.2) is 35.2 Å². The number of nitrogens with zero attached hydrogens (tertiary/aromatic N) is 1. The first kappa shape index (κ1) is 19.4. The average Bonchev–Trinajstić information content (AvgIpc) is 2.37. The van der Waals surface area contributed by atoms with Crippen molar-refractivity contribution in [2.24, 2.45) is 0 Å². The zero-order chi connectivity index (χ0) is 17.7. The maximum absolute atomic E-state index is 12.9. The molecule has 0 aromatic heterocycles. The normalized spacial score (nSPS) is 12.1. The molecule has 1 rings (SSSR count). The number of hydrogen-bond donors (Lipinski definition) is 1. The van der Waals surface area contributed by atoms with E-state index in [1.165, 1.54) is 12.1 Å². The van der Waals surface area contributed by atoms with Crippen molar-refractivity contribution < 1.29 is 13.9 Å². The number of ether oxygens (including phenoxy) is 1. The summed E-state index contributed by atoms with van der Waals surface area (Å²) in [6.45, 7) is 13.3. The van der Waals surface area contributed by atoms with Crippen molar-refractivity contribution >= 4 is 6.09 Å². The molecular weight excluding hydrogens is 295 g/mol. The Kier molecular flexibility index (Phi) is 6.57. The molecule has 0 fully saturated rings. The highest BCUT2D eigenvalue weighted by molar-refractivity contribution is 5.69. The Balaban J connectivity index is 2.52. The fraction of sp³-hybridized carbons (Fsp3) is 0.611. The number of hydrogen-bond acceptors (Lipinski definition) is 3. The second-order valence-electron chi connectivity index (χ2n) is 7.61. The third-order valence-electron chi connectivity index (χ3n) is 3.18. The Morgan fingerprint density at radius 2 is 1.70 bits per heavy atom. The van der Waals surface area contributed by atoms with Gasteiger partial charge >= 0.3 is 6.09 Å². The number of amides is 1. The summed E-state index contributed by atoms with van der Waals surface area (Å²) in [4.78, 5) is 14.1. The fourth-order valence-electron chi connectivity index (χ4n) is 2.04. The zero-order valence-electron chi connectivity index (χ0n) is 15.1. The van der Waals surface area contributed by atoms with Crippen molar-refractivity contribution in [3.63, 3.8) is 0 Å². The second kappa shape index (κ2) is 7.77. The molecule has 0 saturated heterocycles. The molecule has 1 amide bonds. The molecule has 0 spiro atoms. The molecule has 0 aliphatic carbocycles. The summed E-state index contributed by atoms with van der Waals surface area (Å²) in [5, 5.41) is 3.27. The first-order valence-electron chi connectivity index (χ1n) is 7.95. The molecule has 0 saturated carbocycles. The number of nitrogens with one attached hydrogen (secondary N) is 1. The van der Waals surface area contributed by atoms with Crippen LogP contribution in [-0.2, 0) is 11.3 Å². The van der Waals surface area contributed by atoms with Gasteiger partial charge in [0.1, 0.15) is 11.4 Å². The monoisotopic (exact) mass is 324 g/mol. The van der Waals surface area contributed by atoms with Crippen molar-refractivity contribution in [2.75, 3.05) is 13.1 Å². The lowest BCUT2D eigenvalue weighted by molar-refractivity contribution is 0.00663. The van der Waals surface area contributed by atoms with E-state index in [2.05, 4.69) is 5.32 Å². The van der Waals surface area contributed by atoms with Crippen LogP contribution in [0.5, 0.6) is 0 Å². The lowest BCUT2D eigenvalue weighted by atomic mass is 10.1. The molecule has 0 atom stereocenters. The van der Waals surface area contributed by atoms with Crippen LogP contribution in [0, 0.1) is 5.82 Å².